The molecule has 0 radical (unpaired) electrons. The molecule has 0 bridgehead atoms. The van der Waals surface area contributed by atoms with Crippen LogP contribution in [0.5, 0.6) is 0 Å². The van der Waals surface area contributed by atoms with Crippen molar-refractivity contribution in [1.29, 1.82) is 0 Å². The lowest BCUT2D eigenvalue weighted by Gasteiger charge is -2.19. The number of ether oxygens (including phenoxy) is 1. The minimum Gasteiger partial charge on any atom is -0.444 e. The van der Waals surface area contributed by atoms with Crippen molar-refractivity contribution in [1.82, 2.24) is 25.6 Å². The van der Waals surface area contributed by atoms with Crippen LogP contribution in [0.3, 0.4) is 0 Å². The predicted molar refractivity (Wildman–Crippen MR) is 95.7 cm³/mol. The number of carbonyl (C=O) groups is 2. The number of nitrogens with one attached hydrogen (secondary N) is 2. The molecule has 2 rings (SSSR count). The largest absolute Gasteiger partial charge is 0.444 e. The number of nitrogens with zero attached hydrogens (tertiary/aromatic N) is 3. The van der Waals surface area contributed by atoms with Gasteiger partial charge < -0.3 is 15.4 Å². The molecule has 1 aromatic heterocycles. The van der Waals surface area contributed by atoms with Crippen LogP contribution in [-0.4, -0.2) is 45.7 Å². The molecule has 2 aromatic rings. The number of fused-ring (bicyclic) bond motifs is 1. The molecule has 1 heterocycles. The Kier molecular flexibility index (Phi) is 6.26. The summed E-state index contributed by atoms with van der Waals surface area (Å²) in [6.07, 6.45) is -0.455. The van der Waals surface area contributed by atoms with Crippen LogP contribution < -0.4 is 16.2 Å². The molecular weight excluding hydrogens is 338 g/mol. The zero-order chi connectivity index (χ0) is 19.2. The van der Waals surface area contributed by atoms with Crippen molar-refractivity contribution in [2.75, 3.05) is 13.1 Å². The second kappa shape index (κ2) is 8.41. The van der Waals surface area contributed by atoms with E-state index in [1.54, 1.807) is 45.0 Å². The first-order chi connectivity index (χ1) is 12.3. The Bertz CT molecular complexity index is 841. The fourth-order valence-electron chi connectivity index (χ4n) is 2.15. The average Bonchev–Trinajstić information content (AvgIpc) is 2.57. The predicted octanol–water partition coefficient (Wildman–Crippen LogP) is 0.822. The number of benzene rings is 1. The van der Waals surface area contributed by atoms with Gasteiger partial charge in [-0.3, -0.25) is 9.59 Å². The number of aromatic nitrogens is 3. The Morgan fingerprint density at radius 2 is 1.85 bits per heavy atom. The normalized spacial score (nSPS) is 11.2. The number of rotatable bonds is 6. The van der Waals surface area contributed by atoms with E-state index in [1.165, 1.54) is 4.68 Å². The van der Waals surface area contributed by atoms with Crippen molar-refractivity contribution in [2.24, 2.45) is 0 Å². The third kappa shape index (κ3) is 5.83. The monoisotopic (exact) mass is 361 g/mol. The Labute approximate surface area is 150 Å². The van der Waals surface area contributed by atoms with Gasteiger partial charge in [-0.15, -0.1) is 5.10 Å². The fourth-order valence-corrected chi connectivity index (χ4v) is 2.15. The fraction of sp³-hybridized carbons (Fsp3) is 0.471. The zero-order valence-corrected chi connectivity index (χ0v) is 15.1. The van der Waals surface area contributed by atoms with E-state index in [0.717, 1.165) is 0 Å². The highest BCUT2D eigenvalue weighted by Gasteiger charge is 2.15. The number of aryl methyl sites for hydroxylation is 1. The van der Waals surface area contributed by atoms with Gasteiger partial charge in [-0.1, -0.05) is 17.3 Å². The molecular formula is C17H23N5O4. The molecule has 2 amide bonds. The van der Waals surface area contributed by atoms with Crippen LogP contribution in [0.15, 0.2) is 29.1 Å². The van der Waals surface area contributed by atoms with Crippen LogP contribution >= 0.6 is 0 Å². The summed E-state index contributed by atoms with van der Waals surface area (Å²) < 4.78 is 6.25. The third-order valence-corrected chi connectivity index (χ3v) is 3.30. The minimum absolute atomic E-state index is 0.0827. The Morgan fingerprint density at radius 1 is 1.15 bits per heavy atom. The lowest BCUT2D eigenvalue weighted by Crippen LogP contribution is -2.38. The maximum atomic E-state index is 12.3. The Morgan fingerprint density at radius 3 is 2.58 bits per heavy atom. The highest BCUT2D eigenvalue weighted by Crippen LogP contribution is 2.06. The topological polar surface area (TPSA) is 115 Å². The molecule has 9 heteroatoms. The van der Waals surface area contributed by atoms with Gasteiger partial charge >= 0.3 is 6.09 Å². The minimum atomic E-state index is -0.568. The first-order valence-electron chi connectivity index (χ1n) is 8.32. The maximum absolute atomic E-state index is 12.3. The van der Waals surface area contributed by atoms with Crippen LogP contribution in [0.25, 0.3) is 10.9 Å². The summed E-state index contributed by atoms with van der Waals surface area (Å²) in [4.78, 5) is 35.6. The van der Waals surface area contributed by atoms with E-state index in [1.807, 2.05) is 0 Å². The lowest BCUT2D eigenvalue weighted by atomic mass is 10.2. The lowest BCUT2D eigenvalue weighted by molar-refractivity contribution is -0.121. The highest BCUT2D eigenvalue weighted by atomic mass is 16.6. The van der Waals surface area contributed by atoms with E-state index in [-0.39, 0.29) is 37.5 Å². The first-order valence-corrected chi connectivity index (χ1v) is 8.32. The van der Waals surface area contributed by atoms with Crippen LogP contribution in [0.4, 0.5) is 4.79 Å². The van der Waals surface area contributed by atoms with E-state index in [4.69, 9.17) is 4.74 Å². The van der Waals surface area contributed by atoms with Gasteiger partial charge in [0.15, 0.2) is 0 Å². The Hall–Kier alpha value is -2.97. The van der Waals surface area contributed by atoms with Gasteiger partial charge in [-0.25, -0.2) is 9.48 Å². The number of carbonyl (C=O) groups excluding carboxylic acids is 2. The van der Waals surface area contributed by atoms with E-state index in [9.17, 15) is 14.4 Å². The summed E-state index contributed by atoms with van der Waals surface area (Å²) in [5, 5.41) is 13.5. The first kappa shape index (κ1) is 19.4. The summed E-state index contributed by atoms with van der Waals surface area (Å²) in [6, 6.07) is 6.91. The number of alkyl carbamates (subject to hydrolysis) is 1. The van der Waals surface area contributed by atoms with E-state index in [0.29, 0.717) is 10.9 Å². The molecule has 140 valence electrons. The summed E-state index contributed by atoms with van der Waals surface area (Å²) in [6.45, 7) is 5.94. The van der Waals surface area contributed by atoms with Gasteiger partial charge in [0.2, 0.25) is 5.91 Å². The van der Waals surface area contributed by atoms with Crippen LogP contribution in [0, 0.1) is 0 Å². The zero-order valence-electron chi connectivity index (χ0n) is 15.1. The molecule has 0 unspecified atom stereocenters. The van der Waals surface area contributed by atoms with Gasteiger partial charge in [-0.05, 0) is 32.9 Å². The third-order valence-electron chi connectivity index (χ3n) is 3.30. The number of amides is 2. The van der Waals surface area contributed by atoms with Gasteiger partial charge in [0.05, 0.1) is 11.9 Å². The molecule has 2 N–H and O–H groups in total. The van der Waals surface area contributed by atoms with E-state index in [2.05, 4.69) is 20.9 Å². The SMILES string of the molecule is CC(C)(C)OC(=O)NCCNC(=O)CCn1nnc2ccccc2c1=O. The number of hydrogen-bond donors (Lipinski definition) is 2. The van der Waals surface area contributed by atoms with Gasteiger partial charge in [0.25, 0.3) is 5.56 Å². The molecule has 0 saturated heterocycles. The summed E-state index contributed by atoms with van der Waals surface area (Å²) in [5.74, 6) is -0.252. The molecule has 0 spiro atoms. The molecule has 0 aliphatic rings. The average molecular weight is 361 g/mol. The second-order valence-corrected chi connectivity index (χ2v) is 6.66. The van der Waals surface area contributed by atoms with Gasteiger partial charge in [0, 0.05) is 19.5 Å². The molecule has 9 nitrogen and oxygen atoms in total. The van der Waals surface area contributed by atoms with Crippen LogP contribution in [0.2, 0.25) is 0 Å². The van der Waals surface area contributed by atoms with Crippen molar-refractivity contribution in [3.05, 3.63) is 34.6 Å². The summed E-state index contributed by atoms with van der Waals surface area (Å²) >= 11 is 0. The van der Waals surface area contributed by atoms with Crippen molar-refractivity contribution in [2.45, 2.75) is 39.3 Å². The van der Waals surface area contributed by atoms with Crippen molar-refractivity contribution >= 4 is 22.9 Å². The van der Waals surface area contributed by atoms with Crippen molar-refractivity contribution in [3.63, 3.8) is 0 Å². The highest BCUT2D eigenvalue weighted by molar-refractivity contribution is 5.77. The van der Waals surface area contributed by atoms with Crippen LogP contribution in [0.1, 0.15) is 27.2 Å². The maximum Gasteiger partial charge on any atom is 0.407 e. The quantitative estimate of drug-likeness (QED) is 0.736. The smallest absolute Gasteiger partial charge is 0.407 e. The van der Waals surface area contributed by atoms with Gasteiger partial charge in [-0.2, -0.15) is 0 Å². The molecule has 1 aromatic carbocycles. The summed E-state index contributed by atoms with van der Waals surface area (Å²) in [5.41, 5.74) is -0.331. The van der Waals surface area contributed by atoms with Gasteiger partial charge in [0.1, 0.15) is 11.1 Å². The summed E-state index contributed by atoms with van der Waals surface area (Å²) in [7, 11) is 0. The molecule has 0 atom stereocenters. The van der Waals surface area contributed by atoms with Crippen molar-refractivity contribution in [3.8, 4) is 0 Å². The number of hydrogen-bond acceptors (Lipinski definition) is 6. The molecule has 0 aliphatic heterocycles. The molecule has 0 aliphatic carbocycles. The van der Waals surface area contributed by atoms with E-state index < -0.39 is 11.7 Å². The standard InChI is InChI=1S/C17H23N5O4/c1-17(2,3)26-16(25)19-10-9-18-14(23)8-11-22-15(24)12-6-4-5-7-13(12)20-21-22/h4-7H,8-11H2,1-3H3,(H,18,23)(H,19,25). The van der Waals surface area contributed by atoms with E-state index >= 15 is 0 Å². The second-order valence-electron chi connectivity index (χ2n) is 6.66. The van der Waals surface area contributed by atoms with Crippen molar-refractivity contribution < 1.29 is 14.3 Å². The molecule has 26 heavy (non-hydrogen) atoms. The molecule has 0 fully saturated rings. The van der Waals surface area contributed by atoms with Crippen LogP contribution in [-0.2, 0) is 16.1 Å². The Balaban J connectivity index is 1.75. The molecule has 0 saturated carbocycles.